The summed E-state index contributed by atoms with van der Waals surface area (Å²) in [5.74, 6) is -3.09. The van der Waals surface area contributed by atoms with E-state index in [0.29, 0.717) is 42.5 Å². The fourth-order valence-corrected chi connectivity index (χ4v) is 7.23. The zero-order valence-corrected chi connectivity index (χ0v) is 25.2. The zero-order valence-electron chi connectivity index (χ0n) is 25.2. The molecule has 3 aromatic rings. The third-order valence-corrected chi connectivity index (χ3v) is 9.58. The molecule has 4 aliphatic rings. The van der Waals surface area contributed by atoms with Crippen LogP contribution in [-0.4, -0.2) is 70.3 Å². The third-order valence-electron chi connectivity index (χ3n) is 9.58. The van der Waals surface area contributed by atoms with Crippen molar-refractivity contribution in [3.63, 3.8) is 0 Å². The van der Waals surface area contributed by atoms with Crippen LogP contribution in [0.15, 0.2) is 48.5 Å². The van der Waals surface area contributed by atoms with Gasteiger partial charge in [-0.15, -0.1) is 0 Å². The molecule has 14 heteroatoms. The standard InChI is InChI=1S/C33H30F4N6O4/c1-2-41-30-26(28(40-43(30)22-10-11-47-16-22)32(46)42-23(15-38)13-19-14-24(19)42)25(17-6-8-21(34)9-7-17)27(31(41)45)39-29(44)18-4-3-5-20(12-18)33(35,36)37/h3-9,12,19,22-25,27H,2,10-11,13-14,16H2,1H3,(H,39,44). The van der Waals surface area contributed by atoms with E-state index in [2.05, 4.69) is 11.4 Å². The van der Waals surface area contributed by atoms with Gasteiger partial charge in [-0.2, -0.15) is 23.5 Å². The molecule has 7 rings (SSSR count). The first kappa shape index (κ1) is 30.9. The molecule has 0 radical (unpaired) electrons. The number of carbonyl (C=O) groups is 3. The predicted octanol–water partition coefficient (Wildman–Crippen LogP) is 4.43. The van der Waals surface area contributed by atoms with Crippen LogP contribution in [0.5, 0.6) is 0 Å². The highest BCUT2D eigenvalue weighted by molar-refractivity contribution is 6.07. The van der Waals surface area contributed by atoms with E-state index in [1.54, 1.807) is 16.5 Å². The number of piperidine rings is 1. The number of benzene rings is 2. The van der Waals surface area contributed by atoms with Crippen molar-refractivity contribution in [2.45, 2.75) is 62.4 Å². The number of nitrogens with one attached hydrogen (secondary N) is 1. The fourth-order valence-electron chi connectivity index (χ4n) is 7.23. The van der Waals surface area contributed by atoms with Crippen molar-refractivity contribution < 1.29 is 36.7 Å². The summed E-state index contributed by atoms with van der Waals surface area (Å²) in [4.78, 5) is 45.4. The highest BCUT2D eigenvalue weighted by Gasteiger charge is 2.56. The highest BCUT2D eigenvalue weighted by Crippen LogP contribution is 2.50. The summed E-state index contributed by atoms with van der Waals surface area (Å²) < 4.78 is 61.9. The van der Waals surface area contributed by atoms with Crippen LogP contribution in [-0.2, 0) is 15.7 Å². The minimum atomic E-state index is -4.70. The van der Waals surface area contributed by atoms with Gasteiger partial charge in [0.05, 0.1) is 24.3 Å². The summed E-state index contributed by atoms with van der Waals surface area (Å²) in [6.07, 6.45) is -2.84. The lowest BCUT2D eigenvalue weighted by Gasteiger charge is -2.39. The molecule has 10 nitrogen and oxygen atoms in total. The number of aromatic nitrogens is 2. The van der Waals surface area contributed by atoms with Crippen molar-refractivity contribution >= 4 is 23.5 Å². The molecule has 2 aromatic carbocycles. The lowest BCUT2D eigenvalue weighted by Crippen LogP contribution is -2.56. The van der Waals surface area contributed by atoms with Crippen LogP contribution in [0.1, 0.15) is 75.7 Å². The van der Waals surface area contributed by atoms with E-state index in [0.717, 1.165) is 18.6 Å². The molecule has 1 N–H and O–H groups in total. The Hall–Kier alpha value is -4.77. The van der Waals surface area contributed by atoms with Gasteiger partial charge in [0, 0.05) is 36.2 Å². The molecule has 4 heterocycles. The van der Waals surface area contributed by atoms with Crippen LogP contribution in [0.3, 0.4) is 0 Å². The quantitative estimate of drug-likeness (QED) is 0.395. The van der Waals surface area contributed by atoms with Gasteiger partial charge in [0.2, 0.25) is 0 Å². The second-order valence-corrected chi connectivity index (χ2v) is 12.3. The number of ether oxygens (including phenoxy) is 1. The number of likely N-dealkylation sites (tertiary alicyclic amines) is 1. The van der Waals surface area contributed by atoms with Gasteiger partial charge in [0.15, 0.2) is 5.69 Å². The number of anilines is 1. The molecule has 3 aliphatic heterocycles. The molecule has 1 aromatic heterocycles. The van der Waals surface area contributed by atoms with Crippen LogP contribution in [0.2, 0.25) is 0 Å². The van der Waals surface area contributed by atoms with Gasteiger partial charge in [-0.25, -0.2) is 9.07 Å². The van der Waals surface area contributed by atoms with E-state index in [9.17, 15) is 37.2 Å². The van der Waals surface area contributed by atoms with Crippen LogP contribution >= 0.6 is 0 Å². The Morgan fingerprint density at radius 2 is 1.91 bits per heavy atom. The molecule has 0 bridgehead atoms. The number of fused-ring (bicyclic) bond motifs is 2. The largest absolute Gasteiger partial charge is 0.416 e. The Kier molecular flexibility index (Phi) is 7.54. The molecule has 0 spiro atoms. The number of nitrogens with zero attached hydrogens (tertiary/aromatic N) is 5. The topological polar surface area (TPSA) is 121 Å². The number of rotatable bonds is 6. The van der Waals surface area contributed by atoms with Crippen molar-refractivity contribution in [1.29, 1.82) is 5.26 Å². The molecule has 3 amide bonds. The van der Waals surface area contributed by atoms with Crippen molar-refractivity contribution in [3.05, 3.63) is 82.3 Å². The Bertz CT molecular complexity index is 1800. The highest BCUT2D eigenvalue weighted by atomic mass is 19.4. The maximum atomic E-state index is 14.5. The molecule has 6 unspecified atom stereocenters. The summed E-state index contributed by atoms with van der Waals surface area (Å²) in [6, 6.07) is 8.84. The molecule has 1 saturated carbocycles. The number of halogens is 4. The van der Waals surface area contributed by atoms with Crippen LogP contribution in [0.4, 0.5) is 23.4 Å². The first-order valence-electron chi connectivity index (χ1n) is 15.5. The number of likely N-dealkylation sites (N-methyl/N-ethyl adjacent to an activating group) is 1. The summed E-state index contributed by atoms with van der Waals surface area (Å²) in [5.41, 5.74) is -0.659. The predicted molar refractivity (Wildman–Crippen MR) is 158 cm³/mol. The Balaban J connectivity index is 1.40. The summed E-state index contributed by atoms with van der Waals surface area (Å²) in [6.45, 7) is 2.54. The van der Waals surface area contributed by atoms with Gasteiger partial charge in [-0.05, 0) is 68.0 Å². The van der Waals surface area contributed by atoms with Gasteiger partial charge in [0.25, 0.3) is 17.7 Å². The second kappa shape index (κ2) is 11.5. The average molecular weight is 651 g/mol. The number of alkyl halides is 3. The monoisotopic (exact) mass is 650 g/mol. The Morgan fingerprint density at radius 1 is 1.15 bits per heavy atom. The lowest BCUT2D eigenvalue weighted by atomic mass is 9.80. The zero-order chi connectivity index (χ0) is 33.2. The van der Waals surface area contributed by atoms with E-state index < -0.39 is 53.3 Å². The van der Waals surface area contributed by atoms with Gasteiger partial charge >= 0.3 is 6.18 Å². The maximum Gasteiger partial charge on any atom is 0.416 e. The smallest absolute Gasteiger partial charge is 0.379 e. The molecule has 6 atom stereocenters. The van der Waals surface area contributed by atoms with E-state index in [-0.39, 0.29) is 42.4 Å². The normalized spacial score (nSPS) is 26.5. The van der Waals surface area contributed by atoms with E-state index in [1.807, 2.05) is 0 Å². The van der Waals surface area contributed by atoms with Crippen LogP contribution in [0, 0.1) is 23.1 Å². The van der Waals surface area contributed by atoms with E-state index in [1.165, 1.54) is 35.2 Å². The van der Waals surface area contributed by atoms with Crippen molar-refractivity contribution in [2.75, 3.05) is 24.7 Å². The lowest BCUT2D eigenvalue weighted by molar-refractivity contribution is -0.137. The van der Waals surface area contributed by atoms with Crippen LogP contribution in [0.25, 0.3) is 0 Å². The summed E-state index contributed by atoms with van der Waals surface area (Å²) in [5, 5.41) is 17.3. The van der Waals surface area contributed by atoms with Crippen molar-refractivity contribution in [3.8, 4) is 6.07 Å². The molecular formula is C33H30F4N6O4. The van der Waals surface area contributed by atoms with Crippen molar-refractivity contribution in [2.24, 2.45) is 5.92 Å². The minimum Gasteiger partial charge on any atom is -0.379 e. The number of amides is 3. The maximum absolute atomic E-state index is 14.5. The summed E-state index contributed by atoms with van der Waals surface area (Å²) in [7, 11) is 0. The van der Waals surface area contributed by atoms with Gasteiger partial charge in [-0.1, -0.05) is 18.2 Å². The number of hydrogen-bond acceptors (Lipinski definition) is 6. The second-order valence-electron chi connectivity index (χ2n) is 12.3. The third kappa shape index (κ3) is 5.22. The Labute approximate surface area is 266 Å². The average Bonchev–Trinajstić information content (AvgIpc) is 3.39. The van der Waals surface area contributed by atoms with Gasteiger partial charge < -0.3 is 15.0 Å². The molecule has 3 fully saturated rings. The van der Waals surface area contributed by atoms with Crippen molar-refractivity contribution in [1.82, 2.24) is 20.0 Å². The first-order chi connectivity index (χ1) is 22.5. The first-order valence-corrected chi connectivity index (χ1v) is 15.5. The number of carbonyl (C=O) groups excluding carboxylic acids is 3. The minimum absolute atomic E-state index is 0.00158. The number of nitriles is 1. The summed E-state index contributed by atoms with van der Waals surface area (Å²) >= 11 is 0. The Morgan fingerprint density at radius 3 is 2.57 bits per heavy atom. The van der Waals surface area contributed by atoms with E-state index in [4.69, 9.17) is 9.84 Å². The fraction of sp³-hybridized carbons (Fsp3) is 0.424. The molecule has 1 aliphatic carbocycles. The van der Waals surface area contributed by atoms with E-state index >= 15 is 0 Å². The SMILES string of the molecule is CCN1C(=O)C(NC(=O)c2cccc(C(F)(F)F)c2)C(c2ccc(F)cc2)c2c(C(=O)N3C(C#N)CC4CC43)nn(C3CCOC3)c21. The van der Waals surface area contributed by atoms with Gasteiger partial charge in [-0.3, -0.25) is 19.3 Å². The number of hydrogen-bond donors (Lipinski definition) is 1. The van der Waals surface area contributed by atoms with Crippen LogP contribution < -0.4 is 10.2 Å². The molecular weight excluding hydrogens is 620 g/mol. The molecule has 47 heavy (non-hydrogen) atoms. The molecule has 244 valence electrons. The molecule has 2 saturated heterocycles. The van der Waals surface area contributed by atoms with Gasteiger partial charge in [0.1, 0.15) is 23.7 Å².